The monoisotopic (exact) mass is 463 g/mol. The Morgan fingerprint density at radius 1 is 1.09 bits per heavy atom. The number of amides is 3. The molecule has 7 nitrogen and oxygen atoms in total. The molecule has 34 heavy (non-hydrogen) atoms. The molecule has 0 bridgehead atoms. The van der Waals surface area contributed by atoms with E-state index in [-0.39, 0.29) is 11.8 Å². The Balaban J connectivity index is 1.16. The van der Waals surface area contributed by atoms with Gasteiger partial charge in [0.1, 0.15) is 0 Å². The first kappa shape index (κ1) is 22.8. The van der Waals surface area contributed by atoms with Crippen LogP contribution in [0.25, 0.3) is 0 Å². The van der Waals surface area contributed by atoms with Crippen molar-refractivity contribution in [2.75, 3.05) is 33.2 Å². The molecule has 2 aliphatic heterocycles. The SMILES string of the molecule is CN(CC1CC=CC2=C3CCN(CCCCN4C(=O)c5ccccc5C4=O)C3CCC21)C(=O)O. The molecule has 0 radical (unpaired) electrons. The highest BCUT2D eigenvalue weighted by molar-refractivity contribution is 6.21. The zero-order chi connectivity index (χ0) is 23.8. The lowest BCUT2D eigenvalue weighted by Gasteiger charge is -2.40. The fraction of sp³-hybridized carbons (Fsp3) is 0.519. The Morgan fingerprint density at radius 3 is 2.50 bits per heavy atom. The summed E-state index contributed by atoms with van der Waals surface area (Å²) in [6.07, 6.45) is 9.71. The van der Waals surface area contributed by atoms with Crippen LogP contribution >= 0.6 is 0 Å². The van der Waals surface area contributed by atoms with E-state index in [4.69, 9.17) is 0 Å². The highest BCUT2D eigenvalue weighted by Gasteiger charge is 2.40. The Hall–Kier alpha value is -2.93. The highest BCUT2D eigenvalue weighted by Crippen LogP contribution is 2.45. The number of carbonyl (C=O) groups excluding carboxylic acids is 2. The van der Waals surface area contributed by atoms with Crippen molar-refractivity contribution < 1.29 is 19.5 Å². The third-order valence-corrected chi connectivity index (χ3v) is 8.13. The second-order valence-electron chi connectivity index (χ2n) is 10.0. The van der Waals surface area contributed by atoms with Crippen molar-refractivity contribution in [2.45, 2.75) is 44.6 Å². The standard InChI is InChI=1S/C27H33N3O4/c1-28(27(33)34)17-18-7-6-10-20-19(18)11-12-24-21(20)13-16-29(24)14-4-5-15-30-25(31)22-8-2-3-9-23(22)26(30)32/h2-3,6,8-10,18-19,24H,4-5,7,11-17H2,1H3,(H,33,34). The van der Waals surface area contributed by atoms with Crippen LogP contribution < -0.4 is 0 Å². The number of carbonyl (C=O) groups is 3. The molecule has 3 atom stereocenters. The Morgan fingerprint density at radius 2 is 1.79 bits per heavy atom. The number of unbranched alkanes of at least 4 members (excludes halogenated alkanes) is 1. The number of hydrogen-bond donors (Lipinski definition) is 1. The topological polar surface area (TPSA) is 81.2 Å². The van der Waals surface area contributed by atoms with Gasteiger partial charge in [-0.15, -0.1) is 0 Å². The van der Waals surface area contributed by atoms with Gasteiger partial charge in [0, 0.05) is 32.7 Å². The second-order valence-corrected chi connectivity index (χ2v) is 10.0. The summed E-state index contributed by atoms with van der Waals surface area (Å²) in [6, 6.07) is 7.54. The molecule has 1 aromatic rings. The fourth-order valence-electron chi connectivity index (χ4n) is 6.41. The molecule has 1 aromatic carbocycles. The molecule has 0 spiro atoms. The number of rotatable bonds is 7. The van der Waals surface area contributed by atoms with E-state index in [2.05, 4.69) is 17.1 Å². The zero-order valence-corrected chi connectivity index (χ0v) is 19.8. The van der Waals surface area contributed by atoms with Gasteiger partial charge in [-0.05, 0) is 80.2 Å². The van der Waals surface area contributed by atoms with Crippen LogP contribution in [0.5, 0.6) is 0 Å². The predicted octanol–water partition coefficient (Wildman–Crippen LogP) is 4.03. The van der Waals surface area contributed by atoms with E-state index in [9.17, 15) is 19.5 Å². The molecule has 7 heteroatoms. The minimum atomic E-state index is -0.856. The average molecular weight is 464 g/mol. The van der Waals surface area contributed by atoms with Gasteiger partial charge in [0.05, 0.1) is 11.1 Å². The van der Waals surface area contributed by atoms with Gasteiger partial charge in [0.15, 0.2) is 0 Å². The summed E-state index contributed by atoms with van der Waals surface area (Å²) in [4.78, 5) is 41.8. The molecule has 0 aromatic heterocycles. The predicted molar refractivity (Wildman–Crippen MR) is 129 cm³/mol. The second kappa shape index (κ2) is 9.37. The van der Waals surface area contributed by atoms with E-state index in [1.165, 1.54) is 15.4 Å². The fourth-order valence-corrected chi connectivity index (χ4v) is 6.41. The molecule has 5 rings (SSSR count). The summed E-state index contributed by atoms with van der Waals surface area (Å²) in [6.45, 7) is 3.09. The van der Waals surface area contributed by atoms with Crippen molar-refractivity contribution in [1.29, 1.82) is 0 Å². The number of likely N-dealkylation sites (tertiary alicyclic amines) is 1. The highest BCUT2D eigenvalue weighted by atomic mass is 16.4. The van der Waals surface area contributed by atoms with Crippen LogP contribution in [0.4, 0.5) is 4.79 Å². The lowest BCUT2D eigenvalue weighted by atomic mass is 9.70. The molecule has 0 saturated carbocycles. The van der Waals surface area contributed by atoms with Gasteiger partial charge in [-0.1, -0.05) is 24.3 Å². The molecule has 1 fully saturated rings. The summed E-state index contributed by atoms with van der Waals surface area (Å²) in [5, 5.41) is 9.29. The van der Waals surface area contributed by atoms with E-state index < -0.39 is 6.09 Å². The van der Waals surface area contributed by atoms with Crippen LogP contribution in [-0.4, -0.2) is 77.0 Å². The number of imide groups is 1. The van der Waals surface area contributed by atoms with Crippen molar-refractivity contribution in [2.24, 2.45) is 11.8 Å². The van der Waals surface area contributed by atoms with E-state index in [1.54, 1.807) is 36.9 Å². The first-order valence-corrected chi connectivity index (χ1v) is 12.5. The smallest absolute Gasteiger partial charge is 0.407 e. The Kier molecular flexibility index (Phi) is 6.30. The van der Waals surface area contributed by atoms with Crippen LogP contribution in [-0.2, 0) is 0 Å². The normalized spacial score (nSPS) is 26.0. The third-order valence-electron chi connectivity index (χ3n) is 8.13. The molecule has 2 heterocycles. The van der Waals surface area contributed by atoms with Crippen LogP contribution in [0.1, 0.15) is 59.2 Å². The maximum Gasteiger partial charge on any atom is 0.407 e. The quantitative estimate of drug-likeness (QED) is 0.488. The van der Waals surface area contributed by atoms with Crippen molar-refractivity contribution in [3.63, 3.8) is 0 Å². The number of allylic oxidation sites excluding steroid dienone is 3. The van der Waals surface area contributed by atoms with Crippen LogP contribution in [0.15, 0.2) is 47.6 Å². The molecular weight excluding hydrogens is 430 g/mol. The molecule has 180 valence electrons. The number of fused-ring (bicyclic) bond motifs is 3. The average Bonchev–Trinajstić information content (AvgIpc) is 3.36. The lowest BCUT2D eigenvalue weighted by Crippen LogP contribution is -2.39. The minimum Gasteiger partial charge on any atom is -0.465 e. The molecule has 1 saturated heterocycles. The summed E-state index contributed by atoms with van der Waals surface area (Å²) >= 11 is 0. The van der Waals surface area contributed by atoms with Crippen molar-refractivity contribution in [1.82, 2.24) is 14.7 Å². The summed E-state index contributed by atoms with van der Waals surface area (Å²) in [5.74, 6) is 0.494. The number of hydrogen-bond acceptors (Lipinski definition) is 4. The maximum atomic E-state index is 12.6. The molecule has 3 unspecified atom stereocenters. The van der Waals surface area contributed by atoms with E-state index in [0.29, 0.717) is 42.1 Å². The number of benzene rings is 1. The molecular formula is C27H33N3O4. The molecule has 2 aliphatic carbocycles. The molecule has 1 N–H and O–H groups in total. The number of carboxylic acid groups (broad SMARTS) is 1. The lowest BCUT2D eigenvalue weighted by molar-refractivity contribution is 0.0650. The molecule has 3 amide bonds. The third kappa shape index (κ3) is 4.06. The Bertz CT molecular complexity index is 1030. The van der Waals surface area contributed by atoms with Gasteiger partial charge >= 0.3 is 6.09 Å². The Labute approximate surface area is 200 Å². The first-order valence-electron chi connectivity index (χ1n) is 12.5. The van der Waals surface area contributed by atoms with Gasteiger partial charge in [-0.3, -0.25) is 19.4 Å². The summed E-state index contributed by atoms with van der Waals surface area (Å²) in [5.41, 5.74) is 4.05. The van der Waals surface area contributed by atoms with E-state index >= 15 is 0 Å². The maximum absolute atomic E-state index is 12.6. The van der Waals surface area contributed by atoms with Crippen molar-refractivity contribution >= 4 is 17.9 Å². The minimum absolute atomic E-state index is 0.167. The van der Waals surface area contributed by atoms with Gasteiger partial charge in [-0.2, -0.15) is 0 Å². The van der Waals surface area contributed by atoms with Crippen molar-refractivity contribution in [3.05, 3.63) is 58.7 Å². The van der Waals surface area contributed by atoms with Crippen LogP contribution in [0.3, 0.4) is 0 Å². The van der Waals surface area contributed by atoms with E-state index in [0.717, 1.165) is 51.6 Å². The molecule has 4 aliphatic rings. The summed E-state index contributed by atoms with van der Waals surface area (Å²) in [7, 11) is 1.67. The van der Waals surface area contributed by atoms with Crippen LogP contribution in [0, 0.1) is 11.8 Å². The zero-order valence-electron chi connectivity index (χ0n) is 19.8. The summed E-state index contributed by atoms with van der Waals surface area (Å²) < 4.78 is 0. The van der Waals surface area contributed by atoms with Gasteiger partial charge < -0.3 is 10.0 Å². The first-order chi connectivity index (χ1) is 16.5. The van der Waals surface area contributed by atoms with Gasteiger partial charge in [-0.25, -0.2) is 4.79 Å². The van der Waals surface area contributed by atoms with Crippen molar-refractivity contribution in [3.8, 4) is 0 Å². The number of nitrogens with zero attached hydrogens (tertiary/aromatic N) is 3. The van der Waals surface area contributed by atoms with Gasteiger partial charge in [0.25, 0.3) is 11.8 Å². The van der Waals surface area contributed by atoms with E-state index in [1.807, 2.05) is 0 Å². The largest absolute Gasteiger partial charge is 0.465 e. The van der Waals surface area contributed by atoms with Crippen LogP contribution in [0.2, 0.25) is 0 Å². The van der Waals surface area contributed by atoms with Gasteiger partial charge in [0.2, 0.25) is 0 Å².